The van der Waals surface area contributed by atoms with E-state index in [9.17, 15) is 0 Å². The van der Waals surface area contributed by atoms with Gasteiger partial charge in [-0.15, -0.1) is 5.53 Å². The fraction of sp³-hybridized carbons (Fsp3) is 0.333. The number of benzene rings is 1. The van der Waals surface area contributed by atoms with Crippen LogP contribution in [0.15, 0.2) is 24.3 Å². The molecule has 0 fully saturated rings. The Labute approximate surface area is 72.3 Å². The first-order valence-electron chi connectivity index (χ1n) is 4.19. The van der Waals surface area contributed by atoms with Crippen molar-refractivity contribution in [3.63, 3.8) is 0 Å². The number of para-hydroxylation sites is 2. The molecule has 1 aliphatic heterocycles. The highest BCUT2D eigenvalue weighted by Gasteiger charge is 2.19. The van der Waals surface area contributed by atoms with Crippen LogP contribution >= 0.6 is 0 Å². The third-order valence-electron chi connectivity index (χ3n) is 1.99. The van der Waals surface area contributed by atoms with E-state index in [1.165, 1.54) is 5.69 Å². The minimum atomic E-state index is 0.459. The van der Waals surface area contributed by atoms with Gasteiger partial charge in [-0.25, -0.2) is 0 Å². The molecule has 0 amide bonds. The van der Waals surface area contributed by atoms with Crippen LogP contribution in [0.2, 0.25) is 0 Å². The molecule has 3 heteroatoms. The van der Waals surface area contributed by atoms with Gasteiger partial charge in [0.05, 0.1) is 11.4 Å². The Balaban J connectivity index is 2.36. The summed E-state index contributed by atoms with van der Waals surface area (Å²) < 4.78 is 0. The zero-order valence-corrected chi connectivity index (χ0v) is 7.33. The molecule has 0 radical (unpaired) electrons. The molecule has 1 heterocycles. The molecule has 1 aromatic carbocycles. The maximum atomic E-state index is 3.11. The number of nitrogens with zero attached hydrogens (tertiary/aromatic N) is 1. The zero-order chi connectivity index (χ0) is 8.55. The van der Waals surface area contributed by atoms with E-state index in [-0.39, 0.29) is 0 Å². The van der Waals surface area contributed by atoms with Crippen molar-refractivity contribution in [2.45, 2.75) is 19.9 Å². The van der Waals surface area contributed by atoms with Gasteiger partial charge in [-0.05, 0) is 26.0 Å². The maximum absolute atomic E-state index is 3.11. The molecule has 0 aliphatic carbocycles. The third kappa shape index (κ3) is 1.02. The fourth-order valence-corrected chi connectivity index (χ4v) is 1.38. The highest BCUT2D eigenvalue weighted by molar-refractivity contribution is 5.72. The molecule has 2 rings (SSSR count). The smallest absolute Gasteiger partial charge is 0.0785 e. The number of fused-ring (bicyclic) bond motifs is 1. The first kappa shape index (κ1) is 7.43. The van der Waals surface area contributed by atoms with Gasteiger partial charge in [-0.3, -0.25) is 5.01 Å². The Bertz CT molecular complexity index is 283. The molecule has 1 aliphatic rings. The number of nitrogens with one attached hydrogen (secondary N) is 2. The van der Waals surface area contributed by atoms with Crippen molar-refractivity contribution in [2.75, 3.05) is 10.4 Å². The summed E-state index contributed by atoms with van der Waals surface area (Å²) in [6, 6.07) is 8.69. The molecule has 12 heavy (non-hydrogen) atoms. The molecule has 1 aromatic rings. The summed E-state index contributed by atoms with van der Waals surface area (Å²) in [6.45, 7) is 4.30. The lowest BCUT2D eigenvalue weighted by Gasteiger charge is -2.21. The first-order chi connectivity index (χ1) is 5.79. The summed E-state index contributed by atoms with van der Waals surface area (Å²) in [5, 5.41) is 2.11. The summed E-state index contributed by atoms with van der Waals surface area (Å²) in [6.07, 6.45) is 0. The average molecular weight is 163 g/mol. The van der Waals surface area contributed by atoms with E-state index in [1.807, 2.05) is 12.1 Å². The molecule has 64 valence electrons. The summed E-state index contributed by atoms with van der Waals surface area (Å²) in [5.41, 5.74) is 8.57. The predicted molar refractivity (Wildman–Crippen MR) is 50.8 cm³/mol. The molecule has 0 unspecified atom stereocenters. The monoisotopic (exact) mass is 163 g/mol. The zero-order valence-electron chi connectivity index (χ0n) is 7.33. The minimum absolute atomic E-state index is 0.459. The molecule has 2 N–H and O–H groups in total. The van der Waals surface area contributed by atoms with E-state index in [0.29, 0.717) is 6.04 Å². The molecule has 0 saturated carbocycles. The Morgan fingerprint density at radius 3 is 2.75 bits per heavy atom. The van der Waals surface area contributed by atoms with Crippen molar-refractivity contribution in [3.05, 3.63) is 24.3 Å². The van der Waals surface area contributed by atoms with E-state index < -0.39 is 0 Å². The van der Waals surface area contributed by atoms with Gasteiger partial charge in [-0.1, -0.05) is 12.1 Å². The standard InChI is InChI=1S/C9H13N3/c1-7(2)12-9-6-4-3-5-8(9)10-11-12/h3-7,10-11H,1-2H3. The maximum Gasteiger partial charge on any atom is 0.0785 e. The van der Waals surface area contributed by atoms with Gasteiger partial charge in [0.2, 0.25) is 0 Å². The van der Waals surface area contributed by atoms with Crippen LogP contribution in [0.25, 0.3) is 0 Å². The number of hydrogen-bond donors (Lipinski definition) is 2. The lowest BCUT2D eigenvalue weighted by Crippen LogP contribution is -2.41. The summed E-state index contributed by atoms with van der Waals surface area (Å²) in [4.78, 5) is 0. The number of rotatable bonds is 1. The summed E-state index contributed by atoms with van der Waals surface area (Å²) >= 11 is 0. The van der Waals surface area contributed by atoms with Crippen molar-refractivity contribution in [3.8, 4) is 0 Å². The van der Waals surface area contributed by atoms with E-state index in [0.717, 1.165) is 5.69 Å². The molecule has 0 spiro atoms. The summed E-state index contributed by atoms with van der Waals surface area (Å²) in [5.74, 6) is 0. The van der Waals surface area contributed by atoms with Crippen molar-refractivity contribution >= 4 is 11.4 Å². The molecule has 3 nitrogen and oxygen atoms in total. The Morgan fingerprint density at radius 2 is 2.00 bits per heavy atom. The van der Waals surface area contributed by atoms with Crippen molar-refractivity contribution in [1.82, 2.24) is 5.53 Å². The van der Waals surface area contributed by atoms with Gasteiger partial charge in [-0.2, -0.15) is 0 Å². The summed E-state index contributed by atoms with van der Waals surface area (Å²) in [7, 11) is 0. The van der Waals surface area contributed by atoms with Crippen LogP contribution < -0.4 is 16.0 Å². The normalized spacial score (nSPS) is 14.8. The van der Waals surface area contributed by atoms with Crippen LogP contribution in [0.4, 0.5) is 11.4 Å². The first-order valence-corrected chi connectivity index (χ1v) is 4.19. The highest BCUT2D eigenvalue weighted by Crippen LogP contribution is 2.29. The molecular weight excluding hydrogens is 150 g/mol. The van der Waals surface area contributed by atoms with Crippen molar-refractivity contribution in [2.24, 2.45) is 0 Å². The van der Waals surface area contributed by atoms with Crippen LogP contribution in [0, 0.1) is 0 Å². The van der Waals surface area contributed by atoms with E-state index >= 15 is 0 Å². The minimum Gasteiger partial charge on any atom is -0.302 e. The van der Waals surface area contributed by atoms with E-state index in [1.54, 1.807) is 0 Å². The van der Waals surface area contributed by atoms with Crippen LogP contribution in [0.3, 0.4) is 0 Å². The van der Waals surface area contributed by atoms with Crippen LogP contribution in [0.5, 0.6) is 0 Å². The van der Waals surface area contributed by atoms with Gasteiger partial charge in [0, 0.05) is 6.04 Å². The lowest BCUT2D eigenvalue weighted by molar-refractivity contribution is 0.633. The predicted octanol–water partition coefficient (Wildman–Crippen LogP) is 1.75. The van der Waals surface area contributed by atoms with Gasteiger partial charge in [0.15, 0.2) is 0 Å². The van der Waals surface area contributed by atoms with Gasteiger partial charge < -0.3 is 5.43 Å². The lowest BCUT2D eigenvalue weighted by atomic mass is 10.2. The molecule has 0 atom stereocenters. The second-order valence-corrected chi connectivity index (χ2v) is 3.22. The van der Waals surface area contributed by atoms with E-state index in [2.05, 4.69) is 41.9 Å². The largest absolute Gasteiger partial charge is 0.302 e. The topological polar surface area (TPSA) is 27.3 Å². The number of hydrogen-bond acceptors (Lipinski definition) is 3. The van der Waals surface area contributed by atoms with Crippen molar-refractivity contribution < 1.29 is 0 Å². The van der Waals surface area contributed by atoms with Gasteiger partial charge in [0.1, 0.15) is 0 Å². The molecule has 0 bridgehead atoms. The number of anilines is 2. The fourth-order valence-electron chi connectivity index (χ4n) is 1.38. The molecular formula is C9H13N3. The highest BCUT2D eigenvalue weighted by atomic mass is 15.7. The van der Waals surface area contributed by atoms with Crippen LogP contribution in [-0.2, 0) is 0 Å². The third-order valence-corrected chi connectivity index (χ3v) is 1.99. The Morgan fingerprint density at radius 1 is 1.25 bits per heavy atom. The van der Waals surface area contributed by atoms with E-state index in [4.69, 9.17) is 0 Å². The van der Waals surface area contributed by atoms with Crippen molar-refractivity contribution in [1.29, 1.82) is 0 Å². The van der Waals surface area contributed by atoms with Gasteiger partial charge in [0.25, 0.3) is 0 Å². The quantitative estimate of drug-likeness (QED) is 0.660. The SMILES string of the molecule is CC(C)N1NNc2ccccc21. The molecule has 0 saturated heterocycles. The Kier molecular flexibility index (Phi) is 1.66. The van der Waals surface area contributed by atoms with Crippen LogP contribution in [-0.4, -0.2) is 6.04 Å². The second kappa shape index (κ2) is 2.68. The van der Waals surface area contributed by atoms with Gasteiger partial charge >= 0.3 is 0 Å². The Hall–Kier alpha value is -1.22. The number of hydrazine groups is 2. The average Bonchev–Trinajstić information content (AvgIpc) is 2.47. The second-order valence-electron chi connectivity index (χ2n) is 3.22. The molecule has 0 aromatic heterocycles. The van der Waals surface area contributed by atoms with Crippen LogP contribution in [0.1, 0.15) is 13.8 Å².